The highest BCUT2D eigenvalue weighted by atomic mass is 16.2. The summed E-state index contributed by atoms with van der Waals surface area (Å²) < 4.78 is 0. The summed E-state index contributed by atoms with van der Waals surface area (Å²) in [4.78, 5) is 33.3. The third-order valence-electron chi connectivity index (χ3n) is 6.80. The molecule has 2 saturated carbocycles. The SMILES string of the molecule is Cc1cccc(-c2ccc(CNC(=O)C3CC34CCCC4)c3cnccc23)c1.O=C=O. The minimum absolute atomic E-state index is 0.238. The number of hydrogen-bond acceptors (Lipinski definition) is 4. The molecule has 2 aliphatic carbocycles. The Balaban J connectivity index is 0.000000730. The molecule has 0 aliphatic heterocycles. The number of amides is 1. The summed E-state index contributed by atoms with van der Waals surface area (Å²) in [5.41, 5.74) is 5.16. The van der Waals surface area contributed by atoms with E-state index in [1.54, 1.807) is 0 Å². The van der Waals surface area contributed by atoms with E-state index in [0.717, 1.165) is 17.4 Å². The second-order valence-electron chi connectivity index (χ2n) is 8.69. The molecule has 1 N–H and O–H groups in total. The van der Waals surface area contributed by atoms with Crippen LogP contribution in [0.15, 0.2) is 54.9 Å². The summed E-state index contributed by atoms with van der Waals surface area (Å²) in [6.07, 6.45) is 10.2. The molecule has 0 bridgehead atoms. The average molecular weight is 415 g/mol. The maximum atomic E-state index is 12.7. The van der Waals surface area contributed by atoms with E-state index in [9.17, 15) is 4.79 Å². The topological polar surface area (TPSA) is 76.1 Å². The number of carbonyl (C=O) groups is 1. The van der Waals surface area contributed by atoms with Gasteiger partial charge in [-0.3, -0.25) is 9.78 Å². The van der Waals surface area contributed by atoms with E-state index in [4.69, 9.17) is 9.59 Å². The van der Waals surface area contributed by atoms with Crippen LogP contribution in [0.3, 0.4) is 0 Å². The lowest BCUT2D eigenvalue weighted by Gasteiger charge is -2.13. The lowest BCUT2D eigenvalue weighted by atomic mass is 9.95. The van der Waals surface area contributed by atoms with Gasteiger partial charge in [0.1, 0.15) is 0 Å². The molecular weight excluding hydrogens is 388 g/mol. The van der Waals surface area contributed by atoms with Crippen LogP contribution in [0.4, 0.5) is 0 Å². The first kappa shape index (κ1) is 21.0. The summed E-state index contributed by atoms with van der Waals surface area (Å²) in [7, 11) is 0. The van der Waals surface area contributed by atoms with Crippen molar-refractivity contribution in [2.75, 3.05) is 0 Å². The Morgan fingerprint density at radius 1 is 1.13 bits per heavy atom. The molecule has 31 heavy (non-hydrogen) atoms. The third-order valence-corrected chi connectivity index (χ3v) is 6.80. The van der Waals surface area contributed by atoms with Crippen LogP contribution in [0.5, 0.6) is 0 Å². The first-order valence-corrected chi connectivity index (χ1v) is 10.8. The van der Waals surface area contributed by atoms with Crippen LogP contribution in [0.25, 0.3) is 21.9 Å². The number of aryl methyl sites for hydroxylation is 1. The van der Waals surface area contributed by atoms with Crippen LogP contribution in [0, 0.1) is 18.3 Å². The van der Waals surface area contributed by atoms with Crippen molar-refractivity contribution in [2.45, 2.75) is 45.6 Å². The molecule has 2 aliphatic rings. The number of nitrogens with one attached hydrogen (secondary N) is 1. The number of benzene rings is 2. The number of aromatic nitrogens is 1. The molecule has 1 unspecified atom stereocenters. The number of carbonyl (C=O) groups excluding carboxylic acids is 3. The molecule has 1 amide bonds. The molecule has 1 atom stereocenters. The normalized spacial score (nSPS) is 18.2. The van der Waals surface area contributed by atoms with Gasteiger partial charge in [-0.15, -0.1) is 0 Å². The van der Waals surface area contributed by atoms with Gasteiger partial charge in [-0.25, -0.2) is 0 Å². The van der Waals surface area contributed by atoms with Crippen LogP contribution < -0.4 is 5.32 Å². The number of rotatable bonds is 4. The minimum Gasteiger partial charge on any atom is -0.352 e. The van der Waals surface area contributed by atoms with Crippen molar-refractivity contribution in [3.8, 4) is 11.1 Å². The Kier molecular flexibility index (Phi) is 5.97. The molecule has 1 aromatic heterocycles. The second kappa shape index (κ2) is 8.83. The predicted octanol–water partition coefficient (Wildman–Crippen LogP) is 4.82. The van der Waals surface area contributed by atoms with Gasteiger partial charge in [0.15, 0.2) is 0 Å². The van der Waals surface area contributed by atoms with Crippen LogP contribution in [0.1, 0.15) is 43.2 Å². The van der Waals surface area contributed by atoms with E-state index < -0.39 is 0 Å². The zero-order chi connectivity index (χ0) is 21.8. The molecule has 2 fully saturated rings. The van der Waals surface area contributed by atoms with E-state index in [0.29, 0.717) is 12.0 Å². The van der Waals surface area contributed by atoms with Gasteiger partial charge in [-0.05, 0) is 59.7 Å². The number of pyridine rings is 1. The van der Waals surface area contributed by atoms with Crippen molar-refractivity contribution in [1.82, 2.24) is 10.3 Å². The number of hydrogen-bond donors (Lipinski definition) is 1. The molecule has 5 rings (SSSR count). The van der Waals surface area contributed by atoms with Gasteiger partial charge in [0.25, 0.3) is 0 Å². The third kappa shape index (κ3) is 4.28. The first-order chi connectivity index (χ1) is 15.1. The molecule has 158 valence electrons. The van der Waals surface area contributed by atoms with Crippen molar-refractivity contribution in [1.29, 1.82) is 0 Å². The summed E-state index contributed by atoms with van der Waals surface area (Å²) >= 11 is 0. The molecule has 5 heteroatoms. The summed E-state index contributed by atoms with van der Waals surface area (Å²) in [5.74, 6) is 0.479. The Bertz CT molecular complexity index is 1140. The van der Waals surface area contributed by atoms with E-state index in [1.807, 2.05) is 12.4 Å². The maximum Gasteiger partial charge on any atom is 0.373 e. The second-order valence-corrected chi connectivity index (χ2v) is 8.69. The molecule has 3 aromatic rings. The lowest BCUT2D eigenvalue weighted by Crippen LogP contribution is -2.26. The highest BCUT2D eigenvalue weighted by Gasteiger charge is 2.58. The standard InChI is InChI=1S/C25H26N2O.CO2/c1-17-5-4-6-18(13-17)20-8-7-19(22-16-26-12-9-21(20)22)15-27-24(28)23-14-25(23)10-2-3-11-25;2-1-3/h4-9,12-13,16,23H,2-3,10-11,14-15H2,1H3,(H,27,28);. The predicted molar refractivity (Wildman–Crippen MR) is 118 cm³/mol. The zero-order valence-electron chi connectivity index (χ0n) is 17.7. The van der Waals surface area contributed by atoms with Crippen molar-refractivity contribution >= 4 is 22.8 Å². The summed E-state index contributed by atoms with van der Waals surface area (Å²) in [5, 5.41) is 5.51. The van der Waals surface area contributed by atoms with E-state index in [1.165, 1.54) is 47.8 Å². The summed E-state index contributed by atoms with van der Waals surface area (Å²) in [6.45, 7) is 2.69. The van der Waals surface area contributed by atoms with Crippen LogP contribution in [-0.4, -0.2) is 17.0 Å². The molecule has 1 heterocycles. The fourth-order valence-corrected chi connectivity index (χ4v) is 5.12. The number of nitrogens with zero attached hydrogens (tertiary/aromatic N) is 1. The zero-order valence-corrected chi connectivity index (χ0v) is 17.7. The van der Waals surface area contributed by atoms with E-state index >= 15 is 0 Å². The first-order valence-electron chi connectivity index (χ1n) is 10.8. The van der Waals surface area contributed by atoms with E-state index in [2.05, 4.69) is 59.7 Å². The molecule has 2 aromatic carbocycles. The highest BCUT2D eigenvalue weighted by molar-refractivity contribution is 5.98. The van der Waals surface area contributed by atoms with Gasteiger partial charge in [-0.1, -0.05) is 54.8 Å². The van der Waals surface area contributed by atoms with Crippen molar-refractivity contribution in [2.24, 2.45) is 11.3 Å². The minimum atomic E-state index is 0.238. The van der Waals surface area contributed by atoms with Crippen molar-refractivity contribution in [3.05, 3.63) is 66.0 Å². The fraction of sp³-hybridized carbons (Fsp3) is 0.346. The monoisotopic (exact) mass is 414 g/mol. The highest BCUT2D eigenvalue weighted by Crippen LogP contribution is 2.62. The average Bonchev–Trinajstić information content (AvgIpc) is 3.28. The summed E-state index contributed by atoms with van der Waals surface area (Å²) in [6, 6.07) is 15.0. The Labute approximate surface area is 181 Å². The maximum absolute atomic E-state index is 12.7. The Morgan fingerprint density at radius 3 is 2.65 bits per heavy atom. The molecule has 0 radical (unpaired) electrons. The van der Waals surface area contributed by atoms with Gasteiger partial charge in [0.2, 0.25) is 5.91 Å². The van der Waals surface area contributed by atoms with Crippen molar-refractivity contribution in [3.63, 3.8) is 0 Å². The number of fused-ring (bicyclic) bond motifs is 1. The Morgan fingerprint density at radius 2 is 1.90 bits per heavy atom. The molecule has 0 saturated heterocycles. The van der Waals surface area contributed by atoms with Gasteiger partial charge in [0.05, 0.1) is 0 Å². The van der Waals surface area contributed by atoms with Gasteiger partial charge < -0.3 is 5.32 Å². The largest absolute Gasteiger partial charge is 0.373 e. The smallest absolute Gasteiger partial charge is 0.352 e. The van der Waals surface area contributed by atoms with Gasteiger partial charge >= 0.3 is 6.15 Å². The Hall–Kier alpha value is -3.30. The van der Waals surface area contributed by atoms with Gasteiger partial charge in [-0.2, -0.15) is 9.59 Å². The molecule has 5 nitrogen and oxygen atoms in total. The fourth-order valence-electron chi connectivity index (χ4n) is 5.12. The molecule has 1 spiro atoms. The molecular formula is C26H26N2O3. The lowest BCUT2D eigenvalue weighted by molar-refractivity contribution is -0.191. The quantitative estimate of drug-likeness (QED) is 0.664. The van der Waals surface area contributed by atoms with Crippen LogP contribution in [0.2, 0.25) is 0 Å². The van der Waals surface area contributed by atoms with E-state index in [-0.39, 0.29) is 18.0 Å². The van der Waals surface area contributed by atoms with Gasteiger partial charge in [0, 0.05) is 30.2 Å². The van der Waals surface area contributed by atoms with Crippen molar-refractivity contribution < 1.29 is 14.4 Å². The van der Waals surface area contributed by atoms with Crippen LogP contribution in [-0.2, 0) is 20.9 Å². The van der Waals surface area contributed by atoms with Crippen LogP contribution >= 0.6 is 0 Å².